The van der Waals surface area contributed by atoms with Gasteiger partial charge in [0.15, 0.2) is 17.3 Å². The summed E-state index contributed by atoms with van der Waals surface area (Å²) in [6.07, 6.45) is 1.42. The summed E-state index contributed by atoms with van der Waals surface area (Å²) < 4.78 is 17.2. The molecular weight excluding hydrogens is 394 g/mol. The number of halogens is 1. The molecule has 6 nitrogen and oxygen atoms in total. The Hall–Kier alpha value is -2.73. The predicted molar refractivity (Wildman–Crippen MR) is 108 cm³/mol. The van der Waals surface area contributed by atoms with Crippen LogP contribution >= 0.6 is 11.6 Å². The van der Waals surface area contributed by atoms with Gasteiger partial charge in [-0.05, 0) is 36.4 Å². The van der Waals surface area contributed by atoms with Crippen LogP contribution in [0.4, 0.5) is 0 Å². The number of fused-ring (bicyclic) bond motifs is 1. The first-order valence-electron chi connectivity index (χ1n) is 9.48. The Morgan fingerprint density at radius 2 is 1.76 bits per heavy atom. The van der Waals surface area contributed by atoms with Crippen LogP contribution in [0.1, 0.15) is 40.0 Å². The molecule has 0 bridgehead atoms. The number of rotatable bonds is 3. The molecular formula is C22H22ClNO5. The molecule has 1 amide bonds. The molecule has 1 fully saturated rings. The van der Waals surface area contributed by atoms with Crippen molar-refractivity contribution in [1.29, 1.82) is 0 Å². The Balaban J connectivity index is 1.54. The SMILES string of the molecule is COc1ccc2c(c1OC)OC1(CCN(C(=O)c3ccc(Cl)cc3)CC1)CC2=O. The zero-order chi connectivity index (χ0) is 20.6. The Kier molecular flexibility index (Phi) is 5.13. The van der Waals surface area contributed by atoms with Gasteiger partial charge in [-0.1, -0.05) is 11.6 Å². The molecule has 2 aliphatic heterocycles. The molecule has 2 heterocycles. The van der Waals surface area contributed by atoms with Crippen molar-refractivity contribution < 1.29 is 23.8 Å². The predicted octanol–water partition coefficient (Wildman–Crippen LogP) is 4.00. The standard InChI is InChI=1S/C22H22ClNO5/c1-27-18-8-7-16-17(25)13-22(29-19(16)20(18)28-2)9-11-24(12-10-22)21(26)14-3-5-15(23)6-4-14/h3-8H,9-13H2,1-2H3. The highest BCUT2D eigenvalue weighted by molar-refractivity contribution is 6.30. The quantitative estimate of drug-likeness (QED) is 0.758. The fourth-order valence-corrected chi connectivity index (χ4v) is 4.16. The Labute approximate surface area is 174 Å². The molecule has 1 saturated heterocycles. The summed E-state index contributed by atoms with van der Waals surface area (Å²) in [5.74, 6) is 1.35. The number of methoxy groups -OCH3 is 2. The van der Waals surface area contributed by atoms with Gasteiger partial charge in [0.25, 0.3) is 5.91 Å². The van der Waals surface area contributed by atoms with Crippen molar-refractivity contribution in [3.63, 3.8) is 0 Å². The van der Waals surface area contributed by atoms with Crippen LogP contribution in [0.15, 0.2) is 36.4 Å². The zero-order valence-corrected chi connectivity index (χ0v) is 17.1. The van der Waals surface area contributed by atoms with Crippen molar-refractivity contribution in [2.45, 2.75) is 24.9 Å². The maximum atomic E-state index is 12.8. The van der Waals surface area contributed by atoms with E-state index in [1.54, 1.807) is 48.4 Å². The second-order valence-corrected chi connectivity index (χ2v) is 7.80. The number of hydrogen-bond acceptors (Lipinski definition) is 5. The van der Waals surface area contributed by atoms with Crippen LogP contribution in [-0.2, 0) is 0 Å². The average molecular weight is 416 g/mol. The molecule has 0 aliphatic carbocycles. The highest BCUT2D eigenvalue weighted by atomic mass is 35.5. The van der Waals surface area contributed by atoms with Gasteiger partial charge in [-0.15, -0.1) is 0 Å². The summed E-state index contributed by atoms with van der Waals surface area (Å²) >= 11 is 5.91. The number of piperidine rings is 1. The van der Waals surface area contributed by atoms with E-state index in [0.29, 0.717) is 65.8 Å². The largest absolute Gasteiger partial charge is 0.493 e. The molecule has 0 atom stereocenters. The number of amides is 1. The Morgan fingerprint density at radius 3 is 2.38 bits per heavy atom. The molecule has 0 aromatic heterocycles. The van der Waals surface area contributed by atoms with Crippen molar-refractivity contribution in [2.24, 2.45) is 0 Å². The van der Waals surface area contributed by atoms with Gasteiger partial charge < -0.3 is 19.1 Å². The molecule has 2 aromatic rings. The van der Waals surface area contributed by atoms with Gasteiger partial charge in [-0.25, -0.2) is 0 Å². The molecule has 2 aromatic carbocycles. The van der Waals surface area contributed by atoms with Gasteiger partial charge in [0, 0.05) is 36.5 Å². The topological polar surface area (TPSA) is 65.1 Å². The molecule has 152 valence electrons. The molecule has 29 heavy (non-hydrogen) atoms. The molecule has 0 unspecified atom stereocenters. The summed E-state index contributed by atoms with van der Waals surface area (Å²) in [6.45, 7) is 1.02. The van der Waals surface area contributed by atoms with E-state index in [0.717, 1.165) is 0 Å². The number of benzene rings is 2. The first-order chi connectivity index (χ1) is 14.0. The van der Waals surface area contributed by atoms with Crippen molar-refractivity contribution in [3.8, 4) is 17.2 Å². The van der Waals surface area contributed by atoms with Crippen LogP contribution in [0.25, 0.3) is 0 Å². The van der Waals surface area contributed by atoms with Crippen molar-refractivity contribution >= 4 is 23.3 Å². The lowest BCUT2D eigenvalue weighted by Crippen LogP contribution is -2.52. The summed E-state index contributed by atoms with van der Waals surface area (Å²) in [5.41, 5.74) is 0.469. The van der Waals surface area contributed by atoms with Crippen LogP contribution in [0.5, 0.6) is 17.2 Å². The fourth-order valence-electron chi connectivity index (χ4n) is 4.03. The van der Waals surface area contributed by atoms with Crippen LogP contribution in [0.2, 0.25) is 5.02 Å². The minimum atomic E-state index is -0.638. The molecule has 4 rings (SSSR count). The van der Waals surface area contributed by atoms with E-state index >= 15 is 0 Å². The Bertz CT molecular complexity index is 948. The first kappa shape index (κ1) is 19.6. The maximum absolute atomic E-state index is 12.8. The average Bonchev–Trinajstić information content (AvgIpc) is 2.73. The normalized spacial score (nSPS) is 17.5. The minimum absolute atomic E-state index is 0.0182. The molecule has 2 aliphatic rings. The van der Waals surface area contributed by atoms with Gasteiger partial charge >= 0.3 is 0 Å². The number of nitrogens with zero attached hydrogens (tertiary/aromatic N) is 1. The minimum Gasteiger partial charge on any atom is -0.493 e. The number of Topliss-reactive ketones (excluding diaryl/α,β-unsaturated/α-hetero) is 1. The zero-order valence-electron chi connectivity index (χ0n) is 16.4. The van der Waals surface area contributed by atoms with Crippen LogP contribution in [-0.4, -0.2) is 49.5 Å². The second kappa shape index (κ2) is 7.59. The van der Waals surface area contributed by atoms with E-state index in [1.807, 2.05) is 0 Å². The highest BCUT2D eigenvalue weighted by Crippen LogP contribution is 2.47. The van der Waals surface area contributed by atoms with Crippen LogP contribution in [0.3, 0.4) is 0 Å². The highest BCUT2D eigenvalue weighted by Gasteiger charge is 2.45. The molecule has 0 N–H and O–H groups in total. The summed E-state index contributed by atoms with van der Waals surface area (Å²) in [4.78, 5) is 27.4. The van der Waals surface area contributed by atoms with E-state index in [2.05, 4.69) is 0 Å². The van der Waals surface area contributed by atoms with E-state index in [-0.39, 0.29) is 11.7 Å². The molecule has 0 radical (unpaired) electrons. The van der Waals surface area contributed by atoms with Crippen molar-refractivity contribution in [2.75, 3.05) is 27.3 Å². The molecule has 0 saturated carbocycles. The number of carbonyl (C=O) groups excluding carboxylic acids is 2. The maximum Gasteiger partial charge on any atom is 0.253 e. The van der Waals surface area contributed by atoms with E-state index in [4.69, 9.17) is 25.8 Å². The van der Waals surface area contributed by atoms with E-state index in [9.17, 15) is 9.59 Å². The molecule has 1 spiro atoms. The van der Waals surface area contributed by atoms with Gasteiger partial charge in [0.2, 0.25) is 5.75 Å². The number of ketones is 1. The van der Waals surface area contributed by atoms with Crippen LogP contribution < -0.4 is 14.2 Å². The Morgan fingerprint density at radius 1 is 1.07 bits per heavy atom. The number of ether oxygens (including phenoxy) is 3. The fraction of sp³-hybridized carbons (Fsp3) is 0.364. The summed E-state index contributed by atoms with van der Waals surface area (Å²) in [5, 5.41) is 0.594. The number of likely N-dealkylation sites (tertiary alicyclic amines) is 1. The number of hydrogen-bond donors (Lipinski definition) is 0. The van der Waals surface area contributed by atoms with Crippen molar-refractivity contribution in [1.82, 2.24) is 4.90 Å². The van der Waals surface area contributed by atoms with Gasteiger partial charge in [-0.2, -0.15) is 0 Å². The third-order valence-electron chi connectivity index (χ3n) is 5.65. The van der Waals surface area contributed by atoms with Crippen molar-refractivity contribution in [3.05, 3.63) is 52.5 Å². The first-order valence-corrected chi connectivity index (χ1v) is 9.86. The lowest BCUT2D eigenvalue weighted by molar-refractivity contribution is -0.00745. The number of carbonyl (C=O) groups is 2. The van der Waals surface area contributed by atoms with E-state index in [1.165, 1.54) is 7.11 Å². The third kappa shape index (κ3) is 3.53. The lowest BCUT2D eigenvalue weighted by atomic mass is 9.82. The molecule has 7 heteroatoms. The smallest absolute Gasteiger partial charge is 0.253 e. The third-order valence-corrected chi connectivity index (χ3v) is 5.91. The summed E-state index contributed by atoms with van der Waals surface area (Å²) in [6, 6.07) is 10.3. The van der Waals surface area contributed by atoms with Crippen LogP contribution in [0, 0.1) is 0 Å². The van der Waals surface area contributed by atoms with E-state index < -0.39 is 5.60 Å². The summed E-state index contributed by atoms with van der Waals surface area (Å²) in [7, 11) is 3.08. The van der Waals surface area contributed by atoms with Gasteiger partial charge in [-0.3, -0.25) is 9.59 Å². The second-order valence-electron chi connectivity index (χ2n) is 7.36. The van der Waals surface area contributed by atoms with Gasteiger partial charge in [0.05, 0.1) is 26.2 Å². The monoisotopic (exact) mass is 415 g/mol. The lowest BCUT2D eigenvalue weighted by Gasteiger charge is -2.44. The van der Waals surface area contributed by atoms with Gasteiger partial charge in [0.1, 0.15) is 5.60 Å².